The van der Waals surface area contributed by atoms with Crippen LogP contribution < -0.4 is 5.32 Å². The van der Waals surface area contributed by atoms with Crippen molar-refractivity contribution in [2.75, 3.05) is 40.8 Å². The van der Waals surface area contributed by atoms with Crippen molar-refractivity contribution in [1.82, 2.24) is 30.1 Å². The third-order valence-corrected chi connectivity index (χ3v) is 3.59. The van der Waals surface area contributed by atoms with Crippen molar-refractivity contribution in [2.45, 2.75) is 38.4 Å². The molecule has 1 aliphatic rings. The lowest BCUT2D eigenvalue weighted by Crippen LogP contribution is -2.27. The molecule has 1 fully saturated rings. The molecule has 0 amide bonds. The molecule has 0 atom stereocenters. The Morgan fingerprint density at radius 1 is 1.25 bits per heavy atom. The van der Waals surface area contributed by atoms with Crippen LogP contribution in [0.15, 0.2) is 6.20 Å². The summed E-state index contributed by atoms with van der Waals surface area (Å²) < 4.78 is 1.95. The fraction of sp³-hybridized carbons (Fsp3) is 0.857. The second kappa shape index (κ2) is 7.71. The van der Waals surface area contributed by atoms with Gasteiger partial charge in [0.25, 0.3) is 0 Å². The van der Waals surface area contributed by atoms with Crippen LogP contribution in [0.3, 0.4) is 0 Å². The molecular weight excluding hydrogens is 252 g/mol. The quantitative estimate of drug-likeness (QED) is 0.673. The average molecular weight is 280 g/mol. The van der Waals surface area contributed by atoms with E-state index in [1.807, 2.05) is 4.68 Å². The summed E-state index contributed by atoms with van der Waals surface area (Å²) >= 11 is 0. The number of aromatic nitrogens is 3. The number of hydrogen-bond acceptors (Lipinski definition) is 5. The van der Waals surface area contributed by atoms with Crippen molar-refractivity contribution in [1.29, 1.82) is 0 Å². The monoisotopic (exact) mass is 280 g/mol. The third-order valence-electron chi connectivity index (χ3n) is 3.59. The zero-order valence-electron chi connectivity index (χ0n) is 13.0. The Kier molecular flexibility index (Phi) is 5.94. The molecule has 1 saturated carbocycles. The van der Waals surface area contributed by atoms with Crippen molar-refractivity contribution >= 4 is 0 Å². The van der Waals surface area contributed by atoms with Gasteiger partial charge >= 0.3 is 0 Å². The summed E-state index contributed by atoms with van der Waals surface area (Å²) in [6.07, 6.45) is 5.89. The van der Waals surface area contributed by atoms with E-state index in [0.29, 0.717) is 0 Å². The summed E-state index contributed by atoms with van der Waals surface area (Å²) in [5, 5.41) is 11.8. The van der Waals surface area contributed by atoms with E-state index >= 15 is 0 Å². The van der Waals surface area contributed by atoms with Crippen molar-refractivity contribution in [3.05, 3.63) is 11.9 Å². The minimum Gasteiger partial charge on any atom is -0.309 e. The van der Waals surface area contributed by atoms with E-state index in [0.717, 1.165) is 44.5 Å². The molecule has 1 heterocycles. The van der Waals surface area contributed by atoms with E-state index in [1.54, 1.807) is 0 Å². The Labute approximate surface area is 122 Å². The average Bonchev–Trinajstić information content (AvgIpc) is 3.12. The first kappa shape index (κ1) is 15.4. The third kappa shape index (κ3) is 5.98. The Balaban J connectivity index is 1.60. The maximum absolute atomic E-state index is 4.20. The molecule has 0 saturated heterocycles. The highest BCUT2D eigenvalue weighted by atomic mass is 15.4. The Hall–Kier alpha value is -0.980. The second-order valence-corrected chi connectivity index (χ2v) is 6.09. The minimum atomic E-state index is 0.725. The molecule has 6 nitrogen and oxygen atoms in total. The van der Waals surface area contributed by atoms with Gasteiger partial charge in [-0.05, 0) is 53.5 Å². The van der Waals surface area contributed by atoms with Crippen molar-refractivity contribution < 1.29 is 0 Å². The highest BCUT2D eigenvalue weighted by Gasteiger charge is 2.20. The van der Waals surface area contributed by atoms with Gasteiger partial charge in [-0.2, -0.15) is 0 Å². The van der Waals surface area contributed by atoms with E-state index in [4.69, 9.17) is 0 Å². The SMILES string of the molecule is CN(C)CCCN(C)CCn1cc(CNC2CC2)nn1. The zero-order valence-corrected chi connectivity index (χ0v) is 13.0. The first-order valence-electron chi connectivity index (χ1n) is 7.59. The first-order chi connectivity index (χ1) is 9.63. The topological polar surface area (TPSA) is 49.2 Å². The fourth-order valence-electron chi connectivity index (χ4n) is 2.11. The predicted octanol–water partition coefficient (Wildman–Crippen LogP) is 0.414. The lowest BCUT2D eigenvalue weighted by molar-refractivity contribution is 0.285. The van der Waals surface area contributed by atoms with Gasteiger partial charge in [-0.1, -0.05) is 5.21 Å². The van der Waals surface area contributed by atoms with Crippen LogP contribution in [-0.4, -0.2) is 71.6 Å². The van der Waals surface area contributed by atoms with E-state index in [-0.39, 0.29) is 0 Å². The number of rotatable bonds is 10. The summed E-state index contributed by atoms with van der Waals surface area (Å²) in [4.78, 5) is 4.58. The minimum absolute atomic E-state index is 0.725. The molecule has 0 unspecified atom stereocenters. The standard InChI is InChI=1S/C14H28N6/c1-18(2)7-4-8-19(3)9-10-20-12-14(16-17-20)11-15-13-5-6-13/h12-13,15H,4-11H2,1-3H3. The Morgan fingerprint density at radius 2 is 2.05 bits per heavy atom. The molecule has 20 heavy (non-hydrogen) atoms. The highest BCUT2D eigenvalue weighted by molar-refractivity contribution is 4.94. The van der Waals surface area contributed by atoms with Crippen LogP contribution in [-0.2, 0) is 13.1 Å². The Morgan fingerprint density at radius 3 is 2.75 bits per heavy atom. The van der Waals surface area contributed by atoms with Crippen molar-refractivity contribution in [2.24, 2.45) is 0 Å². The molecule has 0 radical (unpaired) electrons. The van der Waals surface area contributed by atoms with Gasteiger partial charge in [0.2, 0.25) is 0 Å². The van der Waals surface area contributed by atoms with Crippen LogP contribution in [0.25, 0.3) is 0 Å². The molecule has 0 bridgehead atoms. The summed E-state index contributed by atoms with van der Waals surface area (Å²) in [5.41, 5.74) is 1.05. The molecule has 1 aromatic heterocycles. The van der Waals surface area contributed by atoms with Gasteiger partial charge in [-0.25, -0.2) is 0 Å². The van der Waals surface area contributed by atoms with Gasteiger partial charge in [0.05, 0.1) is 12.2 Å². The fourth-order valence-corrected chi connectivity index (χ4v) is 2.11. The maximum atomic E-state index is 4.20. The number of nitrogens with zero attached hydrogens (tertiary/aromatic N) is 5. The van der Waals surface area contributed by atoms with Crippen molar-refractivity contribution in [3.63, 3.8) is 0 Å². The van der Waals surface area contributed by atoms with Crippen molar-refractivity contribution in [3.8, 4) is 0 Å². The van der Waals surface area contributed by atoms with Crippen LogP contribution in [0.1, 0.15) is 25.0 Å². The maximum Gasteiger partial charge on any atom is 0.0964 e. The van der Waals surface area contributed by atoms with Gasteiger partial charge in [-0.3, -0.25) is 4.68 Å². The van der Waals surface area contributed by atoms with Crippen LogP contribution >= 0.6 is 0 Å². The van der Waals surface area contributed by atoms with E-state index in [9.17, 15) is 0 Å². The molecule has 114 valence electrons. The number of hydrogen-bond donors (Lipinski definition) is 1. The van der Waals surface area contributed by atoms with Crippen LogP contribution in [0.2, 0.25) is 0 Å². The summed E-state index contributed by atoms with van der Waals surface area (Å²) in [6.45, 7) is 5.05. The van der Waals surface area contributed by atoms with E-state index < -0.39 is 0 Å². The second-order valence-electron chi connectivity index (χ2n) is 6.09. The Bertz CT molecular complexity index is 385. The highest BCUT2D eigenvalue weighted by Crippen LogP contribution is 2.18. The molecule has 1 aromatic rings. The first-order valence-corrected chi connectivity index (χ1v) is 7.59. The normalized spacial score (nSPS) is 15.4. The van der Waals surface area contributed by atoms with E-state index in [2.05, 4.69) is 52.8 Å². The van der Waals surface area contributed by atoms with Crippen LogP contribution in [0, 0.1) is 0 Å². The van der Waals surface area contributed by atoms with Gasteiger partial charge in [0, 0.05) is 25.3 Å². The summed E-state index contributed by atoms with van der Waals surface area (Å²) in [6, 6.07) is 0.725. The zero-order chi connectivity index (χ0) is 14.4. The van der Waals surface area contributed by atoms with Gasteiger partial charge in [0.1, 0.15) is 0 Å². The molecule has 2 rings (SSSR count). The van der Waals surface area contributed by atoms with Gasteiger partial charge in [0.15, 0.2) is 0 Å². The molecule has 1 N–H and O–H groups in total. The summed E-state index contributed by atoms with van der Waals surface area (Å²) in [5.74, 6) is 0. The lowest BCUT2D eigenvalue weighted by atomic mass is 10.3. The molecule has 0 spiro atoms. The van der Waals surface area contributed by atoms with Crippen LogP contribution in [0.5, 0.6) is 0 Å². The number of nitrogens with one attached hydrogen (secondary N) is 1. The largest absolute Gasteiger partial charge is 0.309 e. The van der Waals surface area contributed by atoms with Gasteiger partial charge in [-0.15, -0.1) is 5.10 Å². The molecule has 0 aliphatic heterocycles. The van der Waals surface area contributed by atoms with Gasteiger partial charge < -0.3 is 15.1 Å². The molecular formula is C14H28N6. The molecule has 1 aliphatic carbocycles. The molecule has 6 heteroatoms. The smallest absolute Gasteiger partial charge is 0.0964 e. The van der Waals surface area contributed by atoms with E-state index in [1.165, 1.54) is 19.3 Å². The number of likely N-dealkylation sites (N-methyl/N-ethyl adjacent to an activating group) is 1. The summed E-state index contributed by atoms with van der Waals surface area (Å²) in [7, 11) is 6.40. The predicted molar refractivity (Wildman–Crippen MR) is 80.6 cm³/mol. The van der Waals surface area contributed by atoms with Crippen LogP contribution in [0.4, 0.5) is 0 Å². The lowest BCUT2D eigenvalue weighted by Gasteiger charge is -2.17. The molecule has 0 aromatic carbocycles.